The van der Waals surface area contributed by atoms with Crippen LogP contribution in [0.15, 0.2) is 60.8 Å². The number of likely N-dealkylation sites (N-methyl/N-ethyl adjacent to an activating group) is 1. The van der Waals surface area contributed by atoms with Gasteiger partial charge in [-0.3, -0.25) is 14.2 Å². The van der Waals surface area contributed by atoms with Gasteiger partial charge >= 0.3 is 11.9 Å². The van der Waals surface area contributed by atoms with Crippen LogP contribution in [-0.2, 0) is 32.7 Å². The van der Waals surface area contributed by atoms with Gasteiger partial charge in [0.05, 0.1) is 27.7 Å². The maximum atomic E-state index is 12.7. The van der Waals surface area contributed by atoms with Crippen molar-refractivity contribution in [1.29, 1.82) is 0 Å². The van der Waals surface area contributed by atoms with Crippen LogP contribution in [0, 0.1) is 0 Å². The molecule has 0 spiro atoms. The highest BCUT2D eigenvalue weighted by atomic mass is 31.2. The van der Waals surface area contributed by atoms with Crippen molar-refractivity contribution < 1.29 is 42.1 Å². The summed E-state index contributed by atoms with van der Waals surface area (Å²) < 4.78 is 34.0. The van der Waals surface area contributed by atoms with E-state index in [1.165, 1.54) is 109 Å². The zero-order chi connectivity index (χ0) is 46.4. The highest BCUT2D eigenvalue weighted by Gasteiger charge is 2.21. The number of allylic oxidation sites excluding steroid dienone is 10. The van der Waals surface area contributed by atoms with Gasteiger partial charge in [-0.2, -0.15) is 0 Å². The fourth-order valence-electron chi connectivity index (χ4n) is 6.86. The number of rotatable bonds is 46. The molecule has 0 bridgehead atoms. The molecular weight excluding hydrogens is 810 g/mol. The van der Waals surface area contributed by atoms with Crippen LogP contribution in [0.5, 0.6) is 0 Å². The first-order valence-corrected chi connectivity index (χ1v) is 27.0. The van der Waals surface area contributed by atoms with E-state index in [9.17, 15) is 19.0 Å². The van der Waals surface area contributed by atoms with Crippen molar-refractivity contribution in [2.45, 2.75) is 219 Å². The van der Waals surface area contributed by atoms with Crippen LogP contribution in [0.3, 0.4) is 0 Å². The summed E-state index contributed by atoms with van der Waals surface area (Å²) >= 11 is 0. The minimum atomic E-state index is -4.64. The van der Waals surface area contributed by atoms with E-state index in [1.54, 1.807) is 0 Å². The molecule has 0 heterocycles. The van der Waals surface area contributed by atoms with E-state index in [4.69, 9.17) is 18.5 Å². The molecule has 0 aromatic rings. The van der Waals surface area contributed by atoms with Crippen molar-refractivity contribution in [3.05, 3.63) is 60.8 Å². The number of carbonyl (C=O) groups excluding carboxylic acids is 2. The van der Waals surface area contributed by atoms with Crippen molar-refractivity contribution in [2.75, 3.05) is 47.5 Å². The van der Waals surface area contributed by atoms with Crippen molar-refractivity contribution in [3.63, 3.8) is 0 Å². The van der Waals surface area contributed by atoms with Gasteiger partial charge in [0.2, 0.25) is 0 Å². The minimum absolute atomic E-state index is 0.0389. The van der Waals surface area contributed by atoms with Gasteiger partial charge in [-0.1, -0.05) is 203 Å². The normalized spacial score (nSPS) is 13.9. The number of unbranched alkanes of at least 4 members (excludes halogenated alkanes) is 22. The lowest BCUT2D eigenvalue weighted by atomic mass is 10.0. The average Bonchev–Trinajstić information content (AvgIpc) is 3.24. The fraction of sp³-hybridized carbons (Fsp3) is 0.774. The Hall–Kier alpha value is -2.29. The SMILES string of the molecule is CC/C=C\C/C=C\C/C=C\C/C=C\C/C=C\CCCCCC(=O)OC(COC(=O)CCCCCCCCCCCCCCCCCCCCCC)COP(=O)([O-])OCC[N+](C)(C)C. The monoisotopic (exact) mass is 906 g/mol. The molecule has 0 N–H and O–H groups in total. The van der Waals surface area contributed by atoms with Crippen LogP contribution in [-0.4, -0.2) is 70.0 Å². The van der Waals surface area contributed by atoms with Gasteiger partial charge in [0, 0.05) is 12.8 Å². The zero-order valence-corrected chi connectivity index (χ0v) is 42.2. The number of phosphoric ester groups is 1. The lowest BCUT2D eigenvalue weighted by Gasteiger charge is -2.28. The van der Waals surface area contributed by atoms with E-state index in [1.807, 2.05) is 21.1 Å². The highest BCUT2D eigenvalue weighted by Crippen LogP contribution is 2.38. The van der Waals surface area contributed by atoms with Crippen LogP contribution in [0.2, 0.25) is 0 Å². The highest BCUT2D eigenvalue weighted by molar-refractivity contribution is 7.45. The lowest BCUT2D eigenvalue weighted by Crippen LogP contribution is -2.37. The molecule has 10 heteroatoms. The number of carbonyl (C=O) groups is 2. The molecule has 0 radical (unpaired) electrons. The summed E-state index contributed by atoms with van der Waals surface area (Å²) in [6.07, 6.45) is 55.4. The number of quaternary nitrogens is 1. The third-order valence-corrected chi connectivity index (χ3v) is 11.8. The van der Waals surface area contributed by atoms with Crippen LogP contribution in [0.25, 0.3) is 0 Å². The Labute approximate surface area is 387 Å². The van der Waals surface area contributed by atoms with E-state index in [-0.39, 0.29) is 26.1 Å². The predicted molar refractivity (Wildman–Crippen MR) is 263 cm³/mol. The quantitative estimate of drug-likeness (QED) is 0.0195. The van der Waals surface area contributed by atoms with E-state index < -0.39 is 32.5 Å². The molecule has 0 aromatic carbocycles. The molecule has 0 aliphatic carbocycles. The average molecular weight is 906 g/mol. The fourth-order valence-corrected chi connectivity index (χ4v) is 7.59. The summed E-state index contributed by atoms with van der Waals surface area (Å²) in [7, 11) is 1.14. The van der Waals surface area contributed by atoms with Gasteiger partial charge < -0.3 is 27.9 Å². The van der Waals surface area contributed by atoms with Crippen molar-refractivity contribution in [2.24, 2.45) is 0 Å². The molecule has 0 aliphatic heterocycles. The smallest absolute Gasteiger partial charge is 0.306 e. The maximum Gasteiger partial charge on any atom is 0.306 e. The third-order valence-electron chi connectivity index (χ3n) is 10.8. The van der Waals surface area contributed by atoms with E-state index in [0.29, 0.717) is 17.4 Å². The number of hydrogen-bond donors (Lipinski definition) is 0. The van der Waals surface area contributed by atoms with Crippen molar-refractivity contribution >= 4 is 19.8 Å². The Balaban J connectivity index is 4.30. The second-order valence-electron chi connectivity index (χ2n) is 18.2. The summed E-state index contributed by atoms with van der Waals surface area (Å²) in [6, 6.07) is 0. The molecular formula is C53H96NO8P. The number of esters is 2. The predicted octanol–water partition coefficient (Wildman–Crippen LogP) is 14.6. The molecule has 0 aliphatic rings. The van der Waals surface area contributed by atoms with Gasteiger partial charge in [-0.05, 0) is 57.8 Å². The Morgan fingerprint density at radius 2 is 0.905 bits per heavy atom. The molecule has 0 saturated heterocycles. The molecule has 0 fully saturated rings. The molecule has 63 heavy (non-hydrogen) atoms. The second-order valence-corrected chi connectivity index (χ2v) is 19.6. The van der Waals surface area contributed by atoms with Crippen LogP contribution in [0.1, 0.15) is 213 Å². The summed E-state index contributed by atoms with van der Waals surface area (Å²) in [6.45, 7) is 4.10. The zero-order valence-electron chi connectivity index (χ0n) is 41.3. The topological polar surface area (TPSA) is 111 Å². The molecule has 0 saturated carbocycles. The summed E-state index contributed by atoms with van der Waals surface area (Å²) in [4.78, 5) is 37.7. The standard InChI is InChI=1S/C53H96NO8P/c1-6-8-10-12-14-16-18-20-22-24-26-28-29-31-33-35-37-39-41-43-45-52(55)59-49-51(50-61-63(57,58)60-48-47-54(3,4)5)62-53(56)46-44-42-40-38-36-34-32-30-27-25-23-21-19-17-15-13-11-9-7-2/h9,11,15,17,21,23,27,30,34,36,51H,6-8,10,12-14,16,18-20,22,24-26,28-29,31-33,35,37-50H2,1-5H3/b11-9-,17-15-,23-21-,30-27-,36-34-. The van der Waals surface area contributed by atoms with Crippen LogP contribution >= 0.6 is 7.82 Å². The first-order valence-electron chi connectivity index (χ1n) is 25.5. The van der Waals surface area contributed by atoms with Crippen molar-refractivity contribution in [1.82, 2.24) is 0 Å². The number of phosphoric acid groups is 1. The summed E-state index contributed by atoms with van der Waals surface area (Å²) in [5.74, 6) is -0.867. The van der Waals surface area contributed by atoms with Crippen LogP contribution in [0.4, 0.5) is 0 Å². The minimum Gasteiger partial charge on any atom is -0.756 e. The largest absolute Gasteiger partial charge is 0.756 e. The van der Waals surface area contributed by atoms with E-state index in [2.05, 4.69) is 74.6 Å². The Morgan fingerprint density at radius 3 is 1.35 bits per heavy atom. The van der Waals surface area contributed by atoms with Gasteiger partial charge in [-0.15, -0.1) is 0 Å². The van der Waals surface area contributed by atoms with Gasteiger partial charge in [0.1, 0.15) is 19.8 Å². The number of hydrogen-bond acceptors (Lipinski definition) is 8. The Kier molecular flexibility index (Phi) is 43.3. The van der Waals surface area contributed by atoms with E-state index >= 15 is 0 Å². The molecule has 2 atom stereocenters. The van der Waals surface area contributed by atoms with Gasteiger partial charge in [0.15, 0.2) is 6.10 Å². The van der Waals surface area contributed by atoms with Crippen molar-refractivity contribution in [3.8, 4) is 0 Å². The lowest BCUT2D eigenvalue weighted by molar-refractivity contribution is -0.870. The first kappa shape index (κ1) is 60.7. The number of nitrogens with zero attached hydrogens (tertiary/aromatic N) is 1. The second kappa shape index (κ2) is 44.9. The van der Waals surface area contributed by atoms with Crippen LogP contribution < -0.4 is 4.89 Å². The maximum absolute atomic E-state index is 12.7. The van der Waals surface area contributed by atoms with Gasteiger partial charge in [-0.25, -0.2) is 0 Å². The third kappa shape index (κ3) is 49.0. The number of ether oxygens (including phenoxy) is 2. The Morgan fingerprint density at radius 1 is 0.508 bits per heavy atom. The molecule has 0 aromatic heterocycles. The van der Waals surface area contributed by atoms with E-state index in [0.717, 1.165) is 70.6 Å². The summed E-state index contributed by atoms with van der Waals surface area (Å²) in [5.41, 5.74) is 0. The molecule has 0 rings (SSSR count). The Bertz CT molecular complexity index is 1250. The summed E-state index contributed by atoms with van der Waals surface area (Å²) in [5, 5.41) is 0. The molecule has 9 nitrogen and oxygen atoms in total. The molecule has 2 unspecified atom stereocenters. The molecule has 0 amide bonds. The molecule has 366 valence electrons. The first-order chi connectivity index (χ1) is 30.5. The van der Waals surface area contributed by atoms with Gasteiger partial charge in [0.25, 0.3) is 7.82 Å².